The second-order valence-corrected chi connectivity index (χ2v) is 11.6. The molecule has 1 saturated heterocycles. The Hall–Kier alpha value is -4.85. The number of piperidine rings is 1. The van der Waals surface area contributed by atoms with Crippen LogP contribution in [0.1, 0.15) is 46.2 Å². The molecule has 0 aliphatic carbocycles. The van der Waals surface area contributed by atoms with Gasteiger partial charge in [-0.05, 0) is 52.7 Å². The molecule has 1 aromatic carbocycles. The molecule has 0 bridgehead atoms. The Bertz CT molecular complexity index is 1870. The number of carbonyl (C=O) groups excluding carboxylic acids is 1. The van der Waals surface area contributed by atoms with Crippen molar-refractivity contribution in [1.82, 2.24) is 29.2 Å². The van der Waals surface area contributed by atoms with E-state index in [1.165, 1.54) is 9.36 Å². The van der Waals surface area contributed by atoms with Gasteiger partial charge in [0.25, 0.3) is 11.1 Å². The first-order chi connectivity index (χ1) is 20.6. The summed E-state index contributed by atoms with van der Waals surface area (Å²) < 4.78 is 9.94. The van der Waals surface area contributed by atoms with Crippen LogP contribution in [0.3, 0.4) is 0 Å². The molecule has 0 spiro atoms. The highest BCUT2D eigenvalue weighted by atomic mass is 16.6. The number of alkyl carbamates (subject to hydrolysis) is 1. The lowest BCUT2D eigenvalue weighted by Crippen LogP contribution is -2.49. The summed E-state index contributed by atoms with van der Waals surface area (Å²) in [6.07, 6.45) is 2.64. The monoisotopic (exact) mass is 583 g/mol. The van der Waals surface area contributed by atoms with Crippen molar-refractivity contribution < 1.29 is 9.53 Å². The molecule has 5 rings (SSSR count). The molecule has 0 saturated carbocycles. The number of aromatic nitrogens is 5. The predicted molar refractivity (Wildman–Crippen MR) is 167 cm³/mol. The maximum atomic E-state index is 14.2. The maximum Gasteiger partial charge on any atom is 0.407 e. The molecule has 1 N–H and O–H groups in total. The van der Waals surface area contributed by atoms with E-state index < -0.39 is 17.3 Å². The number of hydrogen-bond acceptors (Lipinski definition) is 7. The minimum Gasteiger partial charge on any atom is -0.444 e. The standard InChI is InChI=1S/C32H37N7O4/c1-6-8-19-37-27-26(35-30(37)36-18-11-13-23(20-36)34-31(42)43-32(3,4)5)28(40)38(17-7-2)39(29(27)41)21-24-16-15-22-12-9-10-14-25(22)33-24/h7,9-10,12,14-16,23H,2,11,13,17-21H2,1,3-5H3,(H,34,42)/t23-/m1/s1. The van der Waals surface area contributed by atoms with E-state index in [0.29, 0.717) is 24.7 Å². The summed E-state index contributed by atoms with van der Waals surface area (Å²) in [5.74, 6) is 6.39. The number of anilines is 1. The van der Waals surface area contributed by atoms with Gasteiger partial charge in [-0.2, -0.15) is 0 Å². The smallest absolute Gasteiger partial charge is 0.407 e. The quantitative estimate of drug-likeness (QED) is 0.261. The Morgan fingerprint density at radius 3 is 2.67 bits per heavy atom. The van der Waals surface area contributed by atoms with Gasteiger partial charge in [-0.1, -0.05) is 36.3 Å². The topological polar surface area (TPSA) is 116 Å². The van der Waals surface area contributed by atoms with Gasteiger partial charge in [-0.3, -0.25) is 19.1 Å². The van der Waals surface area contributed by atoms with E-state index in [-0.39, 0.29) is 42.3 Å². The Balaban J connectivity index is 1.59. The van der Waals surface area contributed by atoms with Crippen LogP contribution in [0.4, 0.5) is 10.7 Å². The largest absolute Gasteiger partial charge is 0.444 e. The average Bonchev–Trinajstić information content (AvgIpc) is 3.35. The first-order valence-corrected chi connectivity index (χ1v) is 14.4. The molecule has 1 fully saturated rings. The number of ether oxygens (including phenoxy) is 1. The number of carbonyl (C=O) groups is 1. The SMILES string of the molecule is C=CCn1c(=O)c2nc(N3CCC[C@@H](NC(=O)OC(C)(C)C)C3)n(CC#CC)c2c(=O)n1Cc1ccc2ccccc2n1. The molecular formula is C32H37N7O4. The zero-order valence-electron chi connectivity index (χ0n) is 25.1. The molecule has 11 nitrogen and oxygen atoms in total. The fourth-order valence-electron chi connectivity index (χ4n) is 5.38. The van der Waals surface area contributed by atoms with Crippen LogP contribution in [0.15, 0.2) is 58.6 Å². The van der Waals surface area contributed by atoms with Gasteiger partial charge in [0.2, 0.25) is 5.95 Å². The number of para-hydroxylation sites is 1. The second kappa shape index (κ2) is 12.2. The molecule has 43 heavy (non-hydrogen) atoms. The second-order valence-electron chi connectivity index (χ2n) is 11.6. The summed E-state index contributed by atoms with van der Waals surface area (Å²) in [6.45, 7) is 12.5. The van der Waals surface area contributed by atoms with E-state index in [4.69, 9.17) is 14.7 Å². The summed E-state index contributed by atoms with van der Waals surface area (Å²) in [4.78, 5) is 52.0. The molecule has 1 aliphatic heterocycles. The fourth-order valence-corrected chi connectivity index (χ4v) is 5.38. The van der Waals surface area contributed by atoms with Gasteiger partial charge < -0.3 is 15.0 Å². The van der Waals surface area contributed by atoms with E-state index in [1.54, 1.807) is 17.6 Å². The summed E-state index contributed by atoms with van der Waals surface area (Å²) in [5, 5.41) is 3.94. The van der Waals surface area contributed by atoms with Crippen molar-refractivity contribution in [2.75, 3.05) is 18.0 Å². The highest BCUT2D eigenvalue weighted by Gasteiger charge is 2.29. The lowest BCUT2D eigenvalue weighted by molar-refractivity contribution is 0.0499. The lowest BCUT2D eigenvalue weighted by Gasteiger charge is -2.34. The van der Waals surface area contributed by atoms with E-state index in [2.05, 4.69) is 23.7 Å². The van der Waals surface area contributed by atoms with E-state index in [9.17, 15) is 14.4 Å². The van der Waals surface area contributed by atoms with Crippen LogP contribution >= 0.6 is 0 Å². The van der Waals surface area contributed by atoms with Crippen LogP contribution in [-0.4, -0.2) is 54.7 Å². The van der Waals surface area contributed by atoms with Gasteiger partial charge in [-0.25, -0.2) is 19.1 Å². The van der Waals surface area contributed by atoms with Crippen molar-refractivity contribution in [3.8, 4) is 11.8 Å². The first kappa shape index (κ1) is 29.6. The molecule has 1 aliphatic rings. The van der Waals surface area contributed by atoms with Gasteiger partial charge in [0, 0.05) is 24.5 Å². The molecule has 3 aromatic heterocycles. The van der Waals surface area contributed by atoms with Crippen molar-refractivity contribution in [1.29, 1.82) is 0 Å². The van der Waals surface area contributed by atoms with Crippen molar-refractivity contribution in [2.45, 2.75) is 71.8 Å². The van der Waals surface area contributed by atoms with Crippen LogP contribution in [0.5, 0.6) is 0 Å². The Morgan fingerprint density at radius 1 is 1.14 bits per heavy atom. The van der Waals surface area contributed by atoms with Crippen LogP contribution in [0.2, 0.25) is 0 Å². The number of benzene rings is 1. The number of nitrogens with one attached hydrogen (secondary N) is 1. The molecule has 0 radical (unpaired) electrons. The highest BCUT2D eigenvalue weighted by molar-refractivity contribution is 5.79. The Morgan fingerprint density at radius 2 is 1.93 bits per heavy atom. The molecule has 1 atom stereocenters. The summed E-state index contributed by atoms with van der Waals surface area (Å²) in [7, 11) is 0. The zero-order valence-corrected chi connectivity index (χ0v) is 25.1. The average molecular weight is 584 g/mol. The molecule has 1 amide bonds. The third kappa shape index (κ3) is 6.33. The molecule has 4 aromatic rings. The van der Waals surface area contributed by atoms with E-state index >= 15 is 0 Å². The summed E-state index contributed by atoms with van der Waals surface area (Å²) in [6, 6.07) is 11.4. The van der Waals surface area contributed by atoms with Crippen molar-refractivity contribution >= 4 is 34.0 Å². The molecular weight excluding hydrogens is 546 g/mol. The third-order valence-electron chi connectivity index (χ3n) is 7.22. The number of imidazole rings is 1. The van der Waals surface area contributed by atoms with Crippen LogP contribution < -0.4 is 21.3 Å². The number of fused-ring (bicyclic) bond motifs is 2. The zero-order chi connectivity index (χ0) is 30.7. The minimum atomic E-state index is -0.612. The Labute approximate surface area is 249 Å². The fraction of sp³-hybridized carbons (Fsp3) is 0.406. The normalized spacial score (nSPS) is 15.3. The van der Waals surface area contributed by atoms with Crippen molar-refractivity contribution in [3.05, 3.63) is 75.5 Å². The van der Waals surface area contributed by atoms with Crippen LogP contribution in [-0.2, 0) is 24.4 Å². The van der Waals surface area contributed by atoms with Gasteiger partial charge >= 0.3 is 6.09 Å². The van der Waals surface area contributed by atoms with E-state index in [1.807, 2.05) is 62.1 Å². The highest BCUT2D eigenvalue weighted by Crippen LogP contribution is 2.23. The number of allylic oxidation sites excluding steroid dienone is 1. The predicted octanol–water partition coefficient (Wildman–Crippen LogP) is 3.66. The van der Waals surface area contributed by atoms with E-state index in [0.717, 1.165) is 23.7 Å². The van der Waals surface area contributed by atoms with Crippen molar-refractivity contribution in [2.24, 2.45) is 0 Å². The molecule has 11 heteroatoms. The Kier molecular flexibility index (Phi) is 8.39. The number of hydrogen-bond donors (Lipinski definition) is 1. The third-order valence-corrected chi connectivity index (χ3v) is 7.22. The summed E-state index contributed by atoms with van der Waals surface area (Å²) >= 11 is 0. The van der Waals surface area contributed by atoms with Crippen LogP contribution in [0, 0.1) is 11.8 Å². The lowest BCUT2D eigenvalue weighted by atomic mass is 10.1. The number of pyridine rings is 1. The van der Waals surface area contributed by atoms with Gasteiger partial charge in [-0.15, -0.1) is 12.5 Å². The number of nitrogens with zero attached hydrogens (tertiary/aromatic N) is 6. The van der Waals surface area contributed by atoms with Crippen molar-refractivity contribution in [3.63, 3.8) is 0 Å². The summed E-state index contributed by atoms with van der Waals surface area (Å²) in [5.41, 5.74) is 0.319. The van der Waals surface area contributed by atoms with Crippen LogP contribution in [0.25, 0.3) is 21.9 Å². The maximum absolute atomic E-state index is 14.2. The first-order valence-electron chi connectivity index (χ1n) is 14.4. The van der Waals surface area contributed by atoms with Gasteiger partial charge in [0.05, 0.1) is 30.8 Å². The number of rotatable bonds is 7. The molecule has 4 heterocycles. The number of amides is 1. The minimum absolute atomic E-state index is 0.0738. The van der Waals surface area contributed by atoms with Gasteiger partial charge in [0.15, 0.2) is 5.52 Å². The van der Waals surface area contributed by atoms with Gasteiger partial charge in [0.1, 0.15) is 11.1 Å². The molecule has 224 valence electrons. The molecule has 0 unspecified atom stereocenters.